The van der Waals surface area contributed by atoms with Crippen LogP contribution in [0.5, 0.6) is 11.6 Å². The van der Waals surface area contributed by atoms with E-state index in [4.69, 9.17) is 9.47 Å². The summed E-state index contributed by atoms with van der Waals surface area (Å²) in [6, 6.07) is 11.7. The lowest BCUT2D eigenvalue weighted by molar-refractivity contribution is -0.121. The number of rotatable bonds is 9. The van der Waals surface area contributed by atoms with Gasteiger partial charge in [-0.15, -0.1) is 0 Å². The second kappa shape index (κ2) is 9.45. The van der Waals surface area contributed by atoms with Gasteiger partial charge in [0.1, 0.15) is 11.4 Å². The molecule has 0 aliphatic heterocycles. The van der Waals surface area contributed by atoms with Crippen LogP contribution in [-0.4, -0.2) is 37.0 Å². The van der Waals surface area contributed by atoms with Crippen molar-refractivity contribution in [1.29, 1.82) is 0 Å². The van der Waals surface area contributed by atoms with Crippen LogP contribution in [0.4, 0.5) is 0 Å². The number of hydrogen-bond donors (Lipinski definition) is 1. The van der Waals surface area contributed by atoms with Crippen LogP contribution in [0.3, 0.4) is 0 Å². The number of pyridine rings is 2. The first kappa shape index (κ1) is 24.9. The summed E-state index contributed by atoms with van der Waals surface area (Å²) in [4.78, 5) is 22.5. The maximum atomic E-state index is 13.5. The minimum Gasteiger partial charge on any atom is -0.489 e. The summed E-state index contributed by atoms with van der Waals surface area (Å²) in [5.41, 5.74) is 0.617. The van der Waals surface area contributed by atoms with Crippen molar-refractivity contribution in [1.82, 2.24) is 14.7 Å². The van der Waals surface area contributed by atoms with Crippen molar-refractivity contribution in [3.05, 3.63) is 53.9 Å². The Kier molecular flexibility index (Phi) is 6.73. The lowest BCUT2D eigenvalue weighted by Crippen LogP contribution is -2.39. The molecule has 4 rings (SSSR count). The standard InChI is InChI=1S/C26H31N3O5S/c1-16(2)15-33-23-12-11-21(34-17(3)4)24(28-23)26(13-14-26)25(30)29-35(31,32)22-8-6-7-20-19(22)10-9-18(5)27-20/h6-12,16-17H,13-15H2,1-5H3,(H,29,30). The maximum Gasteiger partial charge on any atom is 0.264 e. The SMILES string of the molecule is Cc1ccc2c(S(=O)(=O)NC(=O)C3(c4nc(OCC(C)C)ccc4OC(C)C)CC3)cccc2n1. The molecular formula is C26H31N3O5S. The average Bonchev–Trinajstić information content (AvgIpc) is 3.59. The summed E-state index contributed by atoms with van der Waals surface area (Å²) < 4.78 is 40.6. The molecule has 1 saturated carbocycles. The van der Waals surface area contributed by atoms with Gasteiger partial charge in [-0.3, -0.25) is 9.78 Å². The van der Waals surface area contributed by atoms with Crippen molar-refractivity contribution in [2.75, 3.05) is 6.61 Å². The highest BCUT2D eigenvalue weighted by Gasteiger charge is 2.55. The maximum absolute atomic E-state index is 13.5. The summed E-state index contributed by atoms with van der Waals surface area (Å²) >= 11 is 0. The topological polar surface area (TPSA) is 107 Å². The number of carbonyl (C=O) groups excluding carboxylic acids is 1. The van der Waals surface area contributed by atoms with E-state index in [0.29, 0.717) is 53.6 Å². The highest BCUT2D eigenvalue weighted by atomic mass is 32.2. The molecular weight excluding hydrogens is 466 g/mol. The Morgan fingerprint density at radius 3 is 2.46 bits per heavy atom. The minimum atomic E-state index is -4.16. The third-order valence-corrected chi connectivity index (χ3v) is 7.13. The first-order valence-corrected chi connectivity index (χ1v) is 13.2. The molecule has 2 heterocycles. The van der Waals surface area contributed by atoms with Crippen molar-refractivity contribution < 1.29 is 22.7 Å². The van der Waals surface area contributed by atoms with E-state index in [1.807, 2.05) is 34.6 Å². The van der Waals surface area contributed by atoms with Gasteiger partial charge in [0.05, 0.1) is 28.5 Å². The van der Waals surface area contributed by atoms with Crippen molar-refractivity contribution in [2.24, 2.45) is 5.92 Å². The highest BCUT2D eigenvalue weighted by Crippen LogP contribution is 2.51. The van der Waals surface area contributed by atoms with E-state index >= 15 is 0 Å². The summed E-state index contributed by atoms with van der Waals surface area (Å²) in [6.45, 7) is 10.1. The van der Waals surface area contributed by atoms with Crippen molar-refractivity contribution in [3.8, 4) is 11.6 Å². The van der Waals surface area contributed by atoms with Crippen LogP contribution < -0.4 is 14.2 Å². The molecule has 2 aromatic heterocycles. The molecule has 186 valence electrons. The van der Waals surface area contributed by atoms with Crippen molar-refractivity contribution >= 4 is 26.8 Å². The van der Waals surface area contributed by atoms with Gasteiger partial charge < -0.3 is 9.47 Å². The first-order chi connectivity index (χ1) is 16.5. The summed E-state index contributed by atoms with van der Waals surface area (Å²) in [5, 5.41) is 0.453. The molecule has 0 atom stereocenters. The number of carbonyl (C=O) groups is 1. The van der Waals surface area contributed by atoms with Gasteiger partial charge >= 0.3 is 0 Å². The number of nitrogens with zero attached hydrogens (tertiary/aromatic N) is 2. The van der Waals surface area contributed by atoms with Crippen LogP contribution in [0.25, 0.3) is 10.9 Å². The Hall–Kier alpha value is -3.20. The number of ether oxygens (including phenoxy) is 2. The van der Waals surface area contributed by atoms with E-state index in [0.717, 1.165) is 5.69 Å². The van der Waals surface area contributed by atoms with E-state index in [1.165, 1.54) is 6.07 Å². The van der Waals surface area contributed by atoms with Crippen LogP contribution >= 0.6 is 0 Å². The number of benzene rings is 1. The van der Waals surface area contributed by atoms with Gasteiger partial charge in [0.25, 0.3) is 10.0 Å². The zero-order valence-electron chi connectivity index (χ0n) is 20.7. The largest absolute Gasteiger partial charge is 0.489 e. The highest BCUT2D eigenvalue weighted by molar-refractivity contribution is 7.90. The van der Waals surface area contributed by atoms with Gasteiger partial charge in [-0.1, -0.05) is 19.9 Å². The average molecular weight is 498 g/mol. The number of aromatic nitrogens is 2. The Bertz CT molecular complexity index is 1360. The molecule has 9 heteroatoms. The fourth-order valence-corrected chi connectivity index (χ4v) is 5.16. The predicted octanol–water partition coefficient (Wildman–Crippen LogP) is 4.30. The van der Waals surface area contributed by atoms with E-state index in [2.05, 4.69) is 14.7 Å². The van der Waals surface area contributed by atoms with E-state index in [9.17, 15) is 13.2 Å². The molecule has 0 bridgehead atoms. The molecule has 1 fully saturated rings. The number of sulfonamides is 1. The number of hydrogen-bond acceptors (Lipinski definition) is 7. The molecule has 1 amide bonds. The van der Waals surface area contributed by atoms with Gasteiger partial charge in [-0.2, -0.15) is 0 Å². The molecule has 3 aromatic rings. The predicted molar refractivity (Wildman–Crippen MR) is 133 cm³/mol. The van der Waals surface area contributed by atoms with Crippen LogP contribution in [-0.2, 0) is 20.2 Å². The summed E-state index contributed by atoms with van der Waals surface area (Å²) in [5.74, 6) is 0.500. The summed E-state index contributed by atoms with van der Waals surface area (Å²) in [7, 11) is -4.16. The molecule has 1 aliphatic rings. The van der Waals surface area contributed by atoms with Gasteiger partial charge in [-0.05, 0) is 69.9 Å². The van der Waals surface area contributed by atoms with E-state index in [-0.39, 0.29) is 11.0 Å². The molecule has 0 unspecified atom stereocenters. The van der Waals surface area contributed by atoms with Gasteiger partial charge in [0.15, 0.2) is 0 Å². The number of aryl methyl sites for hydroxylation is 1. The Labute approximate surface area is 206 Å². The van der Waals surface area contributed by atoms with Crippen molar-refractivity contribution in [2.45, 2.75) is 63.9 Å². The van der Waals surface area contributed by atoms with Crippen LogP contribution in [0.2, 0.25) is 0 Å². The third kappa shape index (κ3) is 5.24. The Morgan fingerprint density at radius 1 is 1.06 bits per heavy atom. The zero-order chi connectivity index (χ0) is 25.4. The minimum absolute atomic E-state index is 0.00674. The molecule has 8 nitrogen and oxygen atoms in total. The number of amides is 1. The molecule has 0 radical (unpaired) electrons. The monoisotopic (exact) mass is 497 g/mol. The smallest absolute Gasteiger partial charge is 0.264 e. The fraction of sp³-hybridized carbons (Fsp3) is 0.423. The molecule has 0 saturated heterocycles. The molecule has 0 spiro atoms. The molecule has 1 aliphatic carbocycles. The first-order valence-electron chi connectivity index (χ1n) is 11.8. The normalized spacial score (nSPS) is 14.8. The number of nitrogens with one attached hydrogen (secondary N) is 1. The lowest BCUT2D eigenvalue weighted by atomic mass is 10.00. The third-order valence-electron chi connectivity index (χ3n) is 5.75. The van der Waals surface area contributed by atoms with Crippen LogP contribution in [0.1, 0.15) is 51.9 Å². The lowest BCUT2D eigenvalue weighted by Gasteiger charge is -2.21. The zero-order valence-corrected chi connectivity index (χ0v) is 21.5. The quantitative estimate of drug-likeness (QED) is 0.470. The van der Waals surface area contributed by atoms with Crippen LogP contribution in [0.15, 0.2) is 47.4 Å². The Balaban J connectivity index is 1.68. The summed E-state index contributed by atoms with van der Waals surface area (Å²) in [6.07, 6.45) is 0.770. The molecule has 1 aromatic carbocycles. The molecule has 1 N–H and O–H groups in total. The van der Waals surface area contributed by atoms with Gasteiger partial charge in [0, 0.05) is 17.1 Å². The fourth-order valence-electron chi connectivity index (χ4n) is 3.89. The second-order valence-corrected chi connectivity index (χ2v) is 11.3. The van der Waals surface area contributed by atoms with Crippen molar-refractivity contribution in [3.63, 3.8) is 0 Å². The molecule has 35 heavy (non-hydrogen) atoms. The Morgan fingerprint density at radius 2 is 1.80 bits per heavy atom. The van der Waals surface area contributed by atoms with Gasteiger partial charge in [-0.25, -0.2) is 18.1 Å². The van der Waals surface area contributed by atoms with Gasteiger partial charge in [0.2, 0.25) is 11.8 Å². The second-order valence-electron chi connectivity index (χ2n) is 9.66. The van der Waals surface area contributed by atoms with E-state index in [1.54, 1.807) is 36.4 Å². The van der Waals surface area contributed by atoms with Crippen LogP contribution in [0, 0.1) is 12.8 Å². The van der Waals surface area contributed by atoms with E-state index < -0.39 is 21.3 Å². The number of fused-ring (bicyclic) bond motifs is 1.